The van der Waals surface area contributed by atoms with Crippen molar-refractivity contribution in [3.63, 3.8) is 0 Å². The first-order chi connectivity index (χ1) is 10.2. The van der Waals surface area contributed by atoms with Crippen molar-refractivity contribution in [3.8, 4) is 0 Å². The third-order valence-corrected chi connectivity index (χ3v) is 4.96. The van der Waals surface area contributed by atoms with E-state index in [0.29, 0.717) is 17.1 Å². The van der Waals surface area contributed by atoms with Crippen LogP contribution < -0.4 is 10.6 Å². The summed E-state index contributed by atoms with van der Waals surface area (Å²) in [6.07, 6.45) is 3.13. The van der Waals surface area contributed by atoms with Gasteiger partial charge in [-0.25, -0.2) is 4.98 Å². The van der Waals surface area contributed by atoms with Gasteiger partial charge in [0.2, 0.25) is 0 Å². The van der Waals surface area contributed by atoms with Crippen LogP contribution >= 0.6 is 11.3 Å². The fourth-order valence-corrected chi connectivity index (χ4v) is 3.72. The van der Waals surface area contributed by atoms with Crippen molar-refractivity contribution in [2.75, 3.05) is 24.5 Å². The highest BCUT2D eigenvalue weighted by molar-refractivity contribution is 7.16. The monoisotopic (exact) mass is 306 g/mol. The predicted molar refractivity (Wildman–Crippen MR) is 84.9 cm³/mol. The van der Waals surface area contributed by atoms with Crippen molar-refractivity contribution >= 4 is 32.9 Å². The number of thiazole rings is 1. The first kappa shape index (κ1) is 14.2. The van der Waals surface area contributed by atoms with Crippen LogP contribution in [-0.2, 0) is 0 Å². The molecule has 3 rings (SSSR count). The second-order valence-corrected chi connectivity index (χ2v) is 6.28. The molecule has 0 unspecified atom stereocenters. The minimum Gasteiger partial charge on any atom is -0.366 e. The average Bonchev–Trinajstić information content (AvgIpc) is 2.95. The van der Waals surface area contributed by atoms with Crippen LogP contribution in [0.1, 0.15) is 19.3 Å². The third-order valence-electron chi connectivity index (χ3n) is 4.17. The number of benzene rings is 1. The second kappa shape index (κ2) is 5.95. The average molecular weight is 306 g/mol. The molecule has 1 aromatic carbocycles. The minimum atomic E-state index is -0.302. The molecule has 2 heterocycles. The Bertz CT molecular complexity index is 649. The fraction of sp³-hybridized carbons (Fsp3) is 0.500. The minimum absolute atomic E-state index is 0.144. The number of nitro benzene ring substituents is 1. The molecule has 2 N–H and O–H groups in total. The highest BCUT2D eigenvalue weighted by atomic mass is 32.1. The van der Waals surface area contributed by atoms with Gasteiger partial charge in [-0.3, -0.25) is 10.1 Å². The third kappa shape index (κ3) is 2.71. The van der Waals surface area contributed by atoms with Gasteiger partial charge >= 0.3 is 5.69 Å². The molecular formula is C14H18N4O2S. The van der Waals surface area contributed by atoms with E-state index in [2.05, 4.69) is 9.88 Å². The van der Waals surface area contributed by atoms with Gasteiger partial charge in [-0.05, 0) is 43.9 Å². The predicted octanol–water partition coefficient (Wildman–Crippen LogP) is 2.77. The Labute approximate surface area is 126 Å². The molecule has 0 spiro atoms. The molecule has 0 radical (unpaired) electrons. The molecule has 0 aliphatic carbocycles. The van der Waals surface area contributed by atoms with Gasteiger partial charge in [0, 0.05) is 13.1 Å². The molecule has 1 aliphatic heterocycles. The summed E-state index contributed by atoms with van der Waals surface area (Å²) in [4.78, 5) is 17.5. The van der Waals surface area contributed by atoms with E-state index in [1.165, 1.54) is 11.3 Å². The molecular weight excluding hydrogens is 288 g/mol. The van der Waals surface area contributed by atoms with E-state index in [9.17, 15) is 10.1 Å². The number of nitrogens with zero attached hydrogens (tertiary/aromatic N) is 3. The van der Waals surface area contributed by atoms with Crippen LogP contribution in [0, 0.1) is 16.0 Å². The van der Waals surface area contributed by atoms with Crippen molar-refractivity contribution in [3.05, 3.63) is 27.8 Å². The van der Waals surface area contributed by atoms with Crippen LogP contribution in [-0.4, -0.2) is 29.5 Å². The summed E-state index contributed by atoms with van der Waals surface area (Å²) in [5.74, 6) is 0.647. The molecule has 1 saturated heterocycles. The van der Waals surface area contributed by atoms with Crippen LogP contribution in [0.25, 0.3) is 10.2 Å². The lowest BCUT2D eigenvalue weighted by Gasteiger charge is -2.33. The van der Waals surface area contributed by atoms with E-state index >= 15 is 0 Å². The van der Waals surface area contributed by atoms with Crippen LogP contribution in [0.15, 0.2) is 17.6 Å². The SMILES string of the molecule is NCCC1CCN(c2ccc3scnc3c2[N+](=O)[O-])CC1. The molecule has 21 heavy (non-hydrogen) atoms. The van der Waals surface area contributed by atoms with Crippen LogP contribution in [0.3, 0.4) is 0 Å². The van der Waals surface area contributed by atoms with Crippen molar-refractivity contribution in [2.45, 2.75) is 19.3 Å². The topological polar surface area (TPSA) is 85.3 Å². The van der Waals surface area contributed by atoms with E-state index in [1.54, 1.807) is 5.51 Å². The number of anilines is 1. The van der Waals surface area contributed by atoms with Gasteiger partial charge in [0.25, 0.3) is 0 Å². The molecule has 7 heteroatoms. The zero-order valence-electron chi connectivity index (χ0n) is 11.7. The fourth-order valence-electron chi connectivity index (χ4n) is 3.04. The second-order valence-electron chi connectivity index (χ2n) is 5.40. The maximum Gasteiger partial charge on any atom is 0.319 e. The summed E-state index contributed by atoms with van der Waals surface area (Å²) in [6.45, 7) is 2.41. The summed E-state index contributed by atoms with van der Waals surface area (Å²) in [5, 5.41) is 11.5. The Balaban J connectivity index is 1.90. The summed E-state index contributed by atoms with van der Waals surface area (Å²) >= 11 is 1.43. The number of rotatable bonds is 4. The lowest BCUT2D eigenvalue weighted by molar-refractivity contribution is -0.382. The smallest absolute Gasteiger partial charge is 0.319 e. The number of aromatic nitrogens is 1. The van der Waals surface area contributed by atoms with Crippen LogP contribution in [0.4, 0.5) is 11.4 Å². The van der Waals surface area contributed by atoms with Gasteiger partial charge in [0.05, 0.1) is 15.1 Å². The Kier molecular flexibility index (Phi) is 4.03. The number of hydrogen-bond donors (Lipinski definition) is 1. The zero-order valence-corrected chi connectivity index (χ0v) is 12.5. The normalized spacial score (nSPS) is 16.5. The highest BCUT2D eigenvalue weighted by Gasteiger charge is 2.27. The van der Waals surface area contributed by atoms with E-state index in [1.807, 2.05) is 12.1 Å². The summed E-state index contributed by atoms with van der Waals surface area (Å²) < 4.78 is 0.864. The van der Waals surface area contributed by atoms with E-state index in [4.69, 9.17) is 5.73 Å². The maximum atomic E-state index is 11.5. The van der Waals surface area contributed by atoms with Gasteiger partial charge in [-0.1, -0.05) is 0 Å². The van der Waals surface area contributed by atoms with E-state index in [-0.39, 0.29) is 10.6 Å². The van der Waals surface area contributed by atoms with Gasteiger partial charge < -0.3 is 10.6 Å². The Morgan fingerprint density at radius 1 is 1.43 bits per heavy atom. The molecule has 112 valence electrons. The molecule has 0 amide bonds. The van der Waals surface area contributed by atoms with Gasteiger partial charge in [-0.15, -0.1) is 11.3 Å². The molecule has 1 aromatic heterocycles. The first-order valence-electron chi connectivity index (χ1n) is 7.16. The molecule has 1 fully saturated rings. The lowest BCUT2D eigenvalue weighted by Crippen LogP contribution is -2.34. The van der Waals surface area contributed by atoms with Crippen LogP contribution in [0.5, 0.6) is 0 Å². The Morgan fingerprint density at radius 3 is 2.86 bits per heavy atom. The van der Waals surface area contributed by atoms with Gasteiger partial charge in [0.1, 0.15) is 5.69 Å². The Morgan fingerprint density at radius 2 is 2.19 bits per heavy atom. The van der Waals surface area contributed by atoms with Crippen LogP contribution in [0.2, 0.25) is 0 Å². The largest absolute Gasteiger partial charge is 0.366 e. The van der Waals surface area contributed by atoms with Crippen molar-refractivity contribution in [2.24, 2.45) is 11.7 Å². The van der Waals surface area contributed by atoms with Gasteiger partial charge in [-0.2, -0.15) is 0 Å². The summed E-state index contributed by atoms with van der Waals surface area (Å²) in [6, 6.07) is 3.79. The highest BCUT2D eigenvalue weighted by Crippen LogP contribution is 2.38. The molecule has 0 saturated carbocycles. The van der Waals surface area contributed by atoms with Crippen molar-refractivity contribution in [1.29, 1.82) is 0 Å². The standard InChI is InChI=1S/C14H18N4O2S/c15-6-3-10-4-7-17(8-5-10)11-1-2-12-13(16-9-21-12)14(11)18(19)20/h1-2,9-10H,3-8,15H2. The Hall–Kier alpha value is -1.73. The number of nitro groups is 1. The lowest BCUT2D eigenvalue weighted by atomic mass is 9.93. The summed E-state index contributed by atoms with van der Waals surface area (Å²) in [7, 11) is 0. The number of fused-ring (bicyclic) bond motifs is 1. The van der Waals surface area contributed by atoms with E-state index in [0.717, 1.165) is 43.6 Å². The molecule has 6 nitrogen and oxygen atoms in total. The molecule has 2 aromatic rings. The molecule has 1 aliphatic rings. The first-order valence-corrected chi connectivity index (χ1v) is 8.04. The van der Waals surface area contributed by atoms with Gasteiger partial charge in [0.15, 0.2) is 5.52 Å². The number of hydrogen-bond acceptors (Lipinski definition) is 6. The number of piperidine rings is 1. The zero-order chi connectivity index (χ0) is 14.8. The maximum absolute atomic E-state index is 11.5. The quantitative estimate of drug-likeness (QED) is 0.693. The van der Waals surface area contributed by atoms with Crippen molar-refractivity contribution < 1.29 is 4.92 Å². The molecule has 0 bridgehead atoms. The van der Waals surface area contributed by atoms with Crippen molar-refractivity contribution in [1.82, 2.24) is 4.98 Å². The molecule has 0 atom stereocenters. The summed E-state index contributed by atoms with van der Waals surface area (Å²) in [5.41, 5.74) is 8.62. The number of nitrogens with two attached hydrogens (primary N) is 1. The van der Waals surface area contributed by atoms with E-state index < -0.39 is 0 Å².